The van der Waals surface area contributed by atoms with E-state index in [2.05, 4.69) is 25.9 Å². The van der Waals surface area contributed by atoms with Crippen molar-refractivity contribution < 1.29 is 13.2 Å². The fourth-order valence-electron chi connectivity index (χ4n) is 3.99. The number of amides is 1. The third kappa shape index (κ3) is 5.01. The van der Waals surface area contributed by atoms with Crippen molar-refractivity contribution in [2.45, 2.75) is 37.6 Å². The number of hydrazone groups is 1. The zero-order valence-corrected chi connectivity index (χ0v) is 21.8. The molecule has 0 bridgehead atoms. The maximum atomic E-state index is 13.7. The summed E-state index contributed by atoms with van der Waals surface area (Å²) in [5.74, 6) is -0.353. The number of thiocarbonyl (C=S) groups is 1. The molecule has 4 N–H and O–H groups in total. The number of rotatable bonds is 5. The van der Waals surface area contributed by atoms with Gasteiger partial charge in [-0.15, -0.1) is 0 Å². The topological polar surface area (TPSA) is 122 Å². The zero-order valence-electron chi connectivity index (χ0n) is 20.2. The van der Waals surface area contributed by atoms with Crippen LogP contribution in [0.1, 0.15) is 37.5 Å². The second-order valence-electron chi connectivity index (χ2n) is 9.47. The molecule has 0 spiro atoms. The summed E-state index contributed by atoms with van der Waals surface area (Å²) in [6, 6.07) is 21.4. The Morgan fingerprint density at radius 3 is 2.28 bits per heavy atom. The summed E-state index contributed by atoms with van der Waals surface area (Å²) in [5.41, 5.74) is 9.21. The summed E-state index contributed by atoms with van der Waals surface area (Å²) in [7, 11) is -4.12. The Hall–Kier alpha value is -3.60. The Kier molecular flexibility index (Phi) is 6.70. The van der Waals surface area contributed by atoms with E-state index in [0.29, 0.717) is 17.8 Å². The number of para-hydroxylation sites is 1. The van der Waals surface area contributed by atoms with E-state index in [1.807, 2.05) is 48.5 Å². The summed E-state index contributed by atoms with van der Waals surface area (Å²) in [6.45, 7) is 6.57. The predicted molar refractivity (Wildman–Crippen MR) is 146 cm³/mol. The minimum atomic E-state index is -4.12. The first kappa shape index (κ1) is 25.5. The van der Waals surface area contributed by atoms with Gasteiger partial charge in [-0.1, -0.05) is 69.3 Å². The summed E-state index contributed by atoms with van der Waals surface area (Å²) in [4.78, 5) is 15.2. The number of fused-ring (bicyclic) bond motifs is 1. The van der Waals surface area contributed by atoms with Crippen LogP contribution < -0.4 is 20.8 Å². The number of hydrogen-bond acceptors (Lipinski definition) is 5. The molecule has 0 aromatic heterocycles. The van der Waals surface area contributed by atoms with Crippen LogP contribution in [0.2, 0.25) is 0 Å². The molecule has 0 radical (unpaired) electrons. The van der Waals surface area contributed by atoms with E-state index in [1.54, 1.807) is 11.0 Å². The molecule has 0 saturated heterocycles. The average molecular weight is 522 g/mol. The lowest BCUT2D eigenvalue weighted by Gasteiger charge is -2.21. The van der Waals surface area contributed by atoms with Crippen molar-refractivity contribution in [3.63, 3.8) is 0 Å². The lowest BCUT2D eigenvalue weighted by molar-refractivity contribution is -0.112. The fourth-order valence-corrected chi connectivity index (χ4v) is 4.85. The van der Waals surface area contributed by atoms with E-state index in [4.69, 9.17) is 23.1 Å². The molecule has 10 heteroatoms. The van der Waals surface area contributed by atoms with Crippen molar-refractivity contribution >= 4 is 50.3 Å². The van der Waals surface area contributed by atoms with Gasteiger partial charge in [-0.2, -0.15) is 5.10 Å². The average Bonchev–Trinajstić information content (AvgIpc) is 3.07. The molecule has 3 aromatic carbocycles. The normalized spacial score (nSPS) is 14.7. The minimum absolute atomic E-state index is 0.0582. The third-order valence-corrected chi connectivity index (χ3v) is 6.98. The summed E-state index contributed by atoms with van der Waals surface area (Å²) in [6.07, 6.45) is 0. The second-order valence-corrected chi connectivity index (χ2v) is 11.4. The Morgan fingerprint density at radius 1 is 1.03 bits per heavy atom. The van der Waals surface area contributed by atoms with Crippen LogP contribution >= 0.6 is 12.2 Å². The molecule has 8 nitrogen and oxygen atoms in total. The highest BCUT2D eigenvalue weighted by Gasteiger charge is 2.36. The van der Waals surface area contributed by atoms with Crippen LogP contribution in [0.15, 0.2) is 82.8 Å². The quantitative estimate of drug-likeness (QED) is 0.391. The molecule has 0 saturated carbocycles. The number of primary sulfonamides is 1. The molecule has 4 rings (SSSR count). The van der Waals surface area contributed by atoms with Crippen LogP contribution in [0.5, 0.6) is 0 Å². The van der Waals surface area contributed by atoms with E-state index in [9.17, 15) is 13.2 Å². The summed E-state index contributed by atoms with van der Waals surface area (Å²) < 4.78 is 24.5. The predicted octanol–water partition coefficient (Wildman–Crippen LogP) is 3.63. The van der Waals surface area contributed by atoms with E-state index in [1.165, 1.54) is 18.2 Å². The van der Waals surface area contributed by atoms with Gasteiger partial charge < -0.3 is 10.6 Å². The van der Waals surface area contributed by atoms with Crippen molar-refractivity contribution in [1.82, 2.24) is 0 Å². The van der Waals surface area contributed by atoms with Gasteiger partial charge in [-0.3, -0.25) is 4.79 Å². The van der Waals surface area contributed by atoms with E-state index < -0.39 is 10.0 Å². The number of nitrogens with two attached hydrogens (primary N) is 2. The van der Waals surface area contributed by atoms with E-state index in [-0.39, 0.29) is 32.7 Å². The molecule has 1 amide bonds. The first-order chi connectivity index (χ1) is 16.9. The molecule has 0 unspecified atom stereocenters. The summed E-state index contributed by atoms with van der Waals surface area (Å²) >= 11 is 5.21. The van der Waals surface area contributed by atoms with Gasteiger partial charge >= 0.3 is 0 Å². The van der Waals surface area contributed by atoms with Gasteiger partial charge in [0.25, 0.3) is 5.91 Å². The Bertz CT molecular complexity index is 1480. The lowest BCUT2D eigenvalue weighted by atomic mass is 9.85. The Balaban J connectivity index is 1.90. The van der Waals surface area contributed by atoms with Gasteiger partial charge in [0.1, 0.15) is 4.90 Å². The molecule has 3 aromatic rings. The first-order valence-electron chi connectivity index (χ1n) is 11.2. The monoisotopic (exact) mass is 521 g/mol. The maximum absolute atomic E-state index is 13.7. The lowest BCUT2D eigenvalue weighted by Crippen LogP contribution is -2.36. The maximum Gasteiger partial charge on any atom is 0.279 e. The van der Waals surface area contributed by atoms with Gasteiger partial charge in [-0.25, -0.2) is 18.6 Å². The van der Waals surface area contributed by atoms with Crippen LogP contribution in [0.25, 0.3) is 0 Å². The van der Waals surface area contributed by atoms with Gasteiger partial charge in [0, 0.05) is 5.56 Å². The van der Waals surface area contributed by atoms with Gasteiger partial charge in [0.15, 0.2) is 10.8 Å². The summed E-state index contributed by atoms with van der Waals surface area (Å²) in [5, 5.41) is 10.8. The third-order valence-electron chi connectivity index (χ3n) is 5.85. The Labute approximate surface area is 216 Å². The fraction of sp³-hybridized carbons (Fsp3) is 0.192. The number of hydrogen-bond donors (Lipinski definition) is 2. The molecule has 0 aliphatic carbocycles. The van der Waals surface area contributed by atoms with Gasteiger partial charge in [0.2, 0.25) is 10.0 Å². The van der Waals surface area contributed by atoms with Crippen LogP contribution in [0.3, 0.4) is 0 Å². The smallest absolute Gasteiger partial charge is 0.279 e. The van der Waals surface area contributed by atoms with Gasteiger partial charge in [-0.05, 0) is 53.0 Å². The Morgan fingerprint density at radius 2 is 1.67 bits per heavy atom. The molecular formula is C26H27N5O3S2. The van der Waals surface area contributed by atoms with Gasteiger partial charge in [0.05, 0.1) is 17.9 Å². The van der Waals surface area contributed by atoms with E-state index in [0.717, 1.165) is 16.1 Å². The van der Waals surface area contributed by atoms with Crippen LogP contribution in [0.4, 0.5) is 11.4 Å². The molecule has 36 heavy (non-hydrogen) atoms. The standard InChI is InChI=1S/C26H27N5O3S2/c1-26(2,3)18-13-14-20-19(15-18)23(24(32)30(20)16-17-9-5-4-6-10-17)29-31(25(27)35)21-11-7-8-12-22(21)36(28,33)34/h4-15H,16H2,1-3H3,(H2,27,35)(H2,28,33,34)/b29-23-. The largest absolute Gasteiger partial charge is 0.374 e. The second kappa shape index (κ2) is 9.45. The molecule has 1 aliphatic heterocycles. The van der Waals surface area contributed by atoms with E-state index >= 15 is 0 Å². The van der Waals surface area contributed by atoms with Crippen LogP contribution in [0, 0.1) is 0 Å². The van der Waals surface area contributed by atoms with Crippen molar-refractivity contribution in [3.8, 4) is 0 Å². The van der Waals surface area contributed by atoms with Crippen molar-refractivity contribution in [1.29, 1.82) is 0 Å². The zero-order chi connectivity index (χ0) is 26.3. The molecule has 1 aliphatic rings. The molecule has 0 atom stereocenters. The van der Waals surface area contributed by atoms with Crippen molar-refractivity contribution in [2.24, 2.45) is 16.0 Å². The SMILES string of the molecule is CC(C)(C)c1ccc2c(c1)/C(=N/N(C(N)=S)c1ccccc1S(N)(=O)=O)C(=O)N2Cc1ccccc1. The number of anilines is 2. The number of nitrogens with zero attached hydrogens (tertiary/aromatic N) is 3. The van der Waals surface area contributed by atoms with Crippen LogP contribution in [-0.2, 0) is 26.8 Å². The van der Waals surface area contributed by atoms with Crippen molar-refractivity contribution in [3.05, 3.63) is 89.5 Å². The van der Waals surface area contributed by atoms with Crippen molar-refractivity contribution in [2.75, 3.05) is 9.91 Å². The highest BCUT2D eigenvalue weighted by Crippen LogP contribution is 2.36. The molecule has 186 valence electrons. The van der Waals surface area contributed by atoms with Crippen LogP contribution in [-0.4, -0.2) is 25.1 Å². The number of sulfonamides is 1. The minimum Gasteiger partial charge on any atom is -0.374 e. The number of carbonyl (C=O) groups excluding carboxylic acids is 1. The first-order valence-corrected chi connectivity index (χ1v) is 13.1. The molecule has 0 fully saturated rings. The highest BCUT2D eigenvalue weighted by molar-refractivity contribution is 7.89. The number of benzene rings is 3. The highest BCUT2D eigenvalue weighted by atomic mass is 32.2. The molecule has 1 heterocycles. The molecular weight excluding hydrogens is 494 g/mol. The number of carbonyl (C=O) groups is 1.